The molecule has 0 heterocycles. The van der Waals surface area contributed by atoms with Gasteiger partial charge in [-0.3, -0.25) is 9.59 Å². The van der Waals surface area contributed by atoms with Gasteiger partial charge in [0.25, 0.3) is 0 Å². The number of unbranched alkanes of at least 4 members (excludes halogenated alkanes) is 58. The van der Waals surface area contributed by atoms with E-state index in [1.807, 2.05) is 6.08 Å². The van der Waals surface area contributed by atoms with Gasteiger partial charge in [0.15, 0.2) is 0 Å². The molecule has 6 nitrogen and oxygen atoms in total. The maximum atomic E-state index is 12.5. The van der Waals surface area contributed by atoms with Gasteiger partial charge in [0, 0.05) is 12.8 Å². The first kappa shape index (κ1) is 80.3. The average molecular weight is 1160 g/mol. The molecular formula is C76H147NO5. The minimum atomic E-state index is -0.843. The first-order chi connectivity index (χ1) is 40.5. The number of hydrogen-bond donors (Lipinski definition) is 3. The highest BCUT2D eigenvalue weighted by Gasteiger charge is 2.18. The normalized spacial score (nSPS) is 12.6. The van der Waals surface area contributed by atoms with Gasteiger partial charge in [0.05, 0.1) is 25.4 Å². The van der Waals surface area contributed by atoms with Crippen LogP contribution in [0.25, 0.3) is 0 Å². The Kier molecular flexibility index (Phi) is 70.4. The summed E-state index contributed by atoms with van der Waals surface area (Å²) in [5.41, 5.74) is 0. The molecule has 0 aliphatic heterocycles. The lowest BCUT2D eigenvalue weighted by Crippen LogP contribution is -2.45. The molecule has 6 heteroatoms. The van der Waals surface area contributed by atoms with E-state index in [-0.39, 0.29) is 18.5 Å². The largest absolute Gasteiger partial charge is 0.466 e. The Morgan fingerprint density at radius 3 is 0.866 bits per heavy atom. The van der Waals surface area contributed by atoms with Crippen LogP contribution in [0.4, 0.5) is 0 Å². The molecule has 0 aromatic heterocycles. The van der Waals surface area contributed by atoms with Crippen LogP contribution in [0.5, 0.6) is 0 Å². The average Bonchev–Trinajstić information content (AvgIpc) is 3.48. The number of rotatable bonds is 71. The Hall–Kier alpha value is -1.66. The van der Waals surface area contributed by atoms with E-state index in [4.69, 9.17) is 4.74 Å². The summed E-state index contributed by atoms with van der Waals surface area (Å²) in [5.74, 6) is -0.0402. The second kappa shape index (κ2) is 71.8. The van der Waals surface area contributed by atoms with Gasteiger partial charge in [-0.05, 0) is 57.8 Å². The van der Waals surface area contributed by atoms with Gasteiger partial charge in [-0.1, -0.05) is 378 Å². The molecule has 2 atom stereocenters. The molecule has 0 spiro atoms. The van der Waals surface area contributed by atoms with E-state index >= 15 is 0 Å². The van der Waals surface area contributed by atoms with Crippen molar-refractivity contribution < 1.29 is 24.5 Å². The van der Waals surface area contributed by atoms with Crippen molar-refractivity contribution in [2.75, 3.05) is 13.2 Å². The zero-order valence-electron chi connectivity index (χ0n) is 55.8. The van der Waals surface area contributed by atoms with E-state index in [1.54, 1.807) is 6.08 Å². The van der Waals surface area contributed by atoms with E-state index in [0.717, 1.165) is 38.5 Å². The number of aliphatic hydroxyl groups excluding tert-OH is 2. The summed E-state index contributed by atoms with van der Waals surface area (Å²) in [5, 5.41) is 23.2. The molecule has 82 heavy (non-hydrogen) atoms. The summed E-state index contributed by atoms with van der Waals surface area (Å²) < 4.78 is 5.51. The van der Waals surface area contributed by atoms with E-state index < -0.39 is 12.1 Å². The highest BCUT2D eigenvalue weighted by Crippen LogP contribution is 2.19. The quantitative estimate of drug-likeness (QED) is 0.0320. The maximum absolute atomic E-state index is 12.5. The minimum Gasteiger partial charge on any atom is -0.466 e. The van der Waals surface area contributed by atoms with Gasteiger partial charge in [0.1, 0.15) is 0 Å². The van der Waals surface area contributed by atoms with Crippen molar-refractivity contribution in [3.8, 4) is 0 Å². The summed E-state index contributed by atoms with van der Waals surface area (Å²) in [7, 11) is 0. The third kappa shape index (κ3) is 67.5. The predicted molar refractivity (Wildman–Crippen MR) is 361 cm³/mol. The van der Waals surface area contributed by atoms with Crippen LogP contribution < -0.4 is 5.32 Å². The molecule has 1 amide bonds. The van der Waals surface area contributed by atoms with Crippen molar-refractivity contribution in [2.45, 2.75) is 437 Å². The van der Waals surface area contributed by atoms with Gasteiger partial charge in [0.2, 0.25) is 5.91 Å². The zero-order valence-corrected chi connectivity index (χ0v) is 55.8. The predicted octanol–water partition coefficient (Wildman–Crippen LogP) is 24.5. The Morgan fingerprint density at radius 2 is 0.573 bits per heavy atom. The number of amides is 1. The van der Waals surface area contributed by atoms with Gasteiger partial charge in [-0.25, -0.2) is 0 Å². The monoisotopic (exact) mass is 1150 g/mol. The highest BCUT2D eigenvalue weighted by molar-refractivity contribution is 5.76. The van der Waals surface area contributed by atoms with Gasteiger partial charge in [-0.2, -0.15) is 0 Å². The van der Waals surface area contributed by atoms with Crippen LogP contribution in [0.2, 0.25) is 0 Å². The molecule has 0 bridgehead atoms. The third-order valence-corrected chi connectivity index (χ3v) is 17.7. The first-order valence-corrected chi connectivity index (χ1v) is 37.6. The number of carbonyl (C=O) groups is 2. The summed E-state index contributed by atoms with van der Waals surface area (Å²) >= 11 is 0. The second-order valence-corrected chi connectivity index (χ2v) is 26.0. The van der Waals surface area contributed by atoms with Crippen LogP contribution in [0.15, 0.2) is 24.3 Å². The van der Waals surface area contributed by atoms with E-state index in [0.29, 0.717) is 19.4 Å². The number of nitrogens with one attached hydrogen (secondary N) is 1. The van der Waals surface area contributed by atoms with Crippen molar-refractivity contribution >= 4 is 11.9 Å². The lowest BCUT2D eigenvalue weighted by molar-refractivity contribution is -0.143. The smallest absolute Gasteiger partial charge is 0.305 e. The molecule has 0 aliphatic rings. The zero-order chi connectivity index (χ0) is 59.2. The lowest BCUT2D eigenvalue weighted by Gasteiger charge is -2.20. The van der Waals surface area contributed by atoms with Crippen molar-refractivity contribution in [1.29, 1.82) is 0 Å². The fraction of sp³-hybridized carbons (Fsp3) is 0.921. The number of ether oxygens (including phenoxy) is 1. The fourth-order valence-corrected chi connectivity index (χ4v) is 12.0. The molecule has 2 unspecified atom stereocenters. The fourth-order valence-electron chi connectivity index (χ4n) is 12.0. The van der Waals surface area contributed by atoms with Crippen LogP contribution >= 0.6 is 0 Å². The van der Waals surface area contributed by atoms with Crippen LogP contribution in [-0.4, -0.2) is 47.4 Å². The lowest BCUT2D eigenvalue weighted by atomic mass is 10.0. The molecule has 0 rings (SSSR count). The van der Waals surface area contributed by atoms with E-state index in [1.165, 1.54) is 360 Å². The number of carbonyl (C=O) groups excluding carboxylic acids is 2. The molecule has 0 saturated heterocycles. The molecule has 0 aromatic carbocycles. The standard InChI is InChI=1S/C76H147NO5/c1-3-5-7-9-11-13-15-17-19-36-40-44-48-52-56-60-64-68-74(79)73(72-78)77-75(80)69-65-61-57-53-49-45-41-38-34-32-30-28-26-24-22-21-23-25-27-29-31-33-35-39-43-47-51-55-59-63-67-71-82-76(81)70-66-62-58-54-50-46-42-37-20-18-16-14-12-10-8-6-4-2/h23,25,64,68,73-74,78-79H,3-22,24,26-63,65-67,69-72H2,1-2H3,(H,77,80)/b25-23-,68-64+. The van der Waals surface area contributed by atoms with Gasteiger partial charge < -0.3 is 20.3 Å². The summed E-state index contributed by atoms with van der Waals surface area (Å²) in [6.45, 7) is 4.95. The van der Waals surface area contributed by atoms with Crippen molar-refractivity contribution in [3.05, 3.63) is 24.3 Å². The SMILES string of the molecule is CCCCCCCCCCCCCCCCC/C=C/C(O)C(CO)NC(=O)CCCCCCCCCCCCCCCCC/C=C\CCCCCCCCCCCCCCOC(=O)CCCCCCCCCCCCCCCCCCC. The van der Waals surface area contributed by atoms with Crippen molar-refractivity contribution in [1.82, 2.24) is 5.32 Å². The first-order valence-electron chi connectivity index (χ1n) is 37.6. The molecule has 0 aromatic rings. The van der Waals surface area contributed by atoms with E-state index in [2.05, 4.69) is 31.3 Å². The van der Waals surface area contributed by atoms with Crippen LogP contribution in [0, 0.1) is 0 Å². The number of hydrogen-bond acceptors (Lipinski definition) is 5. The van der Waals surface area contributed by atoms with Crippen LogP contribution in [0.1, 0.15) is 425 Å². The Morgan fingerprint density at radius 1 is 0.329 bits per heavy atom. The Bertz CT molecular complexity index is 1280. The maximum Gasteiger partial charge on any atom is 0.305 e. The molecular weight excluding hydrogens is 1010 g/mol. The highest BCUT2D eigenvalue weighted by atomic mass is 16.5. The molecule has 0 saturated carbocycles. The molecule has 3 N–H and O–H groups in total. The Labute approximate surface area is 513 Å². The van der Waals surface area contributed by atoms with Crippen molar-refractivity contribution in [2.24, 2.45) is 0 Å². The summed E-state index contributed by atoms with van der Waals surface area (Å²) in [6, 6.07) is -0.626. The summed E-state index contributed by atoms with van der Waals surface area (Å²) in [4.78, 5) is 24.6. The van der Waals surface area contributed by atoms with Crippen LogP contribution in [0.3, 0.4) is 0 Å². The molecule has 0 fully saturated rings. The third-order valence-electron chi connectivity index (χ3n) is 17.7. The Balaban J connectivity index is 3.36. The minimum absolute atomic E-state index is 0.0222. The summed E-state index contributed by atoms with van der Waals surface area (Å²) in [6.07, 6.45) is 91.4. The molecule has 0 radical (unpaired) electrons. The topological polar surface area (TPSA) is 95.9 Å². The van der Waals surface area contributed by atoms with Gasteiger partial charge >= 0.3 is 5.97 Å². The molecule has 486 valence electrons. The van der Waals surface area contributed by atoms with Crippen LogP contribution in [-0.2, 0) is 14.3 Å². The van der Waals surface area contributed by atoms with E-state index in [9.17, 15) is 19.8 Å². The van der Waals surface area contributed by atoms with Crippen molar-refractivity contribution in [3.63, 3.8) is 0 Å². The number of esters is 1. The molecule has 0 aliphatic carbocycles. The second-order valence-electron chi connectivity index (χ2n) is 26.0. The van der Waals surface area contributed by atoms with Gasteiger partial charge in [-0.15, -0.1) is 0 Å². The number of allylic oxidation sites excluding steroid dienone is 3. The number of aliphatic hydroxyl groups is 2.